The molecule has 0 spiro atoms. The Bertz CT molecular complexity index is 574. The number of likely N-dealkylation sites (tertiary alicyclic amines) is 2. The Balaban J connectivity index is 1.14. The van der Waals surface area contributed by atoms with Crippen LogP contribution in [0.1, 0.15) is 44.1 Å². The second-order valence-electron chi connectivity index (χ2n) is 7.97. The highest BCUT2D eigenvalue weighted by Gasteiger charge is 2.32. The summed E-state index contributed by atoms with van der Waals surface area (Å²) >= 11 is 0. The van der Waals surface area contributed by atoms with Crippen molar-refractivity contribution in [1.29, 1.82) is 0 Å². The summed E-state index contributed by atoms with van der Waals surface area (Å²) in [6.07, 6.45) is 7.07. The van der Waals surface area contributed by atoms with Crippen molar-refractivity contribution in [2.75, 3.05) is 26.2 Å². The highest BCUT2D eigenvalue weighted by molar-refractivity contribution is 5.74. The third kappa shape index (κ3) is 4.77. The zero-order valence-corrected chi connectivity index (χ0v) is 15.6. The maximum Gasteiger partial charge on any atom is 0.317 e. The van der Waals surface area contributed by atoms with Crippen molar-refractivity contribution in [3.8, 4) is 0 Å². The Morgan fingerprint density at radius 3 is 2.31 bits per heavy atom. The van der Waals surface area contributed by atoms with Crippen molar-refractivity contribution in [2.45, 2.75) is 63.3 Å². The molecule has 1 aromatic carbocycles. The molecule has 1 aliphatic carbocycles. The largest absolute Gasteiger partial charge is 0.373 e. The number of carbonyl (C=O) groups is 1. The van der Waals surface area contributed by atoms with Crippen LogP contribution in [0.25, 0.3) is 0 Å². The Labute approximate surface area is 156 Å². The lowest BCUT2D eigenvalue weighted by molar-refractivity contribution is 0.00413. The van der Waals surface area contributed by atoms with Gasteiger partial charge in [0, 0.05) is 38.3 Å². The molecular weight excluding hydrogens is 326 g/mol. The van der Waals surface area contributed by atoms with E-state index in [2.05, 4.69) is 22.3 Å². The number of piperidine rings is 2. The predicted molar refractivity (Wildman–Crippen MR) is 102 cm³/mol. The summed E-state index contributed by atoms with van der Waals surface area (Å²) in [6, 6.07) is 11.6. The second-order valence-corrected chi connectivity index (χ2v) is 7.97. The highest BCUT2D eigenvalue weighted by atomic mass is 16.5. The van der Waals surface area contributed by atoms with E-state index in [0.717, 1.165) is 57.9 Å². The van der Waals surface area contributed by atoms with Crippen molar-refractivity contribution in [3.05, 3.63) is 35.9 Å². The summed E-state index contributed by atoms with van der Waals surface area (Å²) in [5.74, 6) is 0. The maximum atomic E-state index is 12.5. The van der Waals surface area contributed by atoms with Crippen LogP contribution in [0.5, 0.6) is 0 Å². The van der Waals surface area contributed by atoms with Crippen molar-refractivity contribution in [3.63, 3.8) is 0 Å². The fraction of sp³-hybridized carbons (Fsp3) is 0.667. The molecule has 2 saturated heterocycles. The van der Waals surface area contributed by atoms with Gasteiger partial charge in [0.15, 0.2) is 0 Å². The number of amides is 2. The van der Waals surface area contributed by atoms with E-state index < -0.39 is 0 Å². The molecule has 1 N–H and O–H groups in total. The molecule has 3 aliphatic rings. The number of ether oxygens (including phenoxy) is 1. The Morgan fingerprint density at radius 1 is 0.962 bits per heavy atom. The van der Waals surface area contributed by atoms with Crippen molar-refractivity contribution in [1.82, 2.24) is 15.1 Å². The summed E-state index contributed by atoms with van der Waals surface area (Å²) < 4.78 is 6.02. The van der Waals surface area contributed by atoms with Crippen LogP contribution >= 0.6 is 0 Å². The molecule has 3 fully saturated rings. The molecule has 0 radical (unpaired) electrons. The van der Waals surface area contributed by atoms with E-state index >= 15 is 0 Å². The van der Waals surface area contributed by atoms with Gasteiger partial charge in [0.05, 0.1) is 12.7 Å². The SMILES string of the molecule is O=C(NC1CCN(C2CC2)CC1)N1CCC(OCc2ccccc2)CC1. The topological polar surface area (TPSA) is 44.8 Å². The number of urea groups is 1. The molecule has 0 bridgehead atoms. The smallest absolute Gasteiger partial charge is 0.317 e. The minimum atomic E-state index is 0.122. The zero-order valence-electron chi connectivity index (χ0n) is 15.6. The van der Waals surface area contributed by atoms with Crippen LogP contribution in [-0.4, -0.2) is 60.2 Å². The van der Waals surface area contributed by atoms with Crippen LogP contribution in [0.3, 0.4) is 0 Å². The molecule has 142 valence electrons. The van der Waals surface area contributed by atoms with Crippen LogP contribution in [-0.2, 0) is 11.3 Å². The van der Waals surface area contributed by atoms with Gasteiger partial charge in [0.25, 0.3) is 0 Å². The minimum absolute atomic E-state index is 0.122. The van der Waals surface area contributed by atoms with Crippen LogP contribution in [0.4, 0.5) is 4.79 Å². The lowest BCUT2D eigenvalue weighted by Gasteiger charge is -2.36. The first-order valence-corrected chi connectivity index (χ1v) is 10.2. The molecule has 26 heavy (non-hydrogen) atoms. The molecule has 0 unspecified atom stereocenters. The molecule has 0 atom stereocenters. The third-order valence-electron chi connectivity index (χ3n) is 5.98. The molecular formula is C21H31N3O2. The van der Waals surface area contributed by atoms with Gasteiger partial charge in [-0.05, 0) is 44.1 Å². The van der Waals surface area contributed by atoms with Crippen molar-refractivity contribution >= 4 is 6.03 Å². The first kappa shape index (κ1) is 17.8. The van der Waals surface area contributed by atoms with Gasteiger partial charge < -0.3 is 19.9 Å². The number of nitrogens with one attached hydrogen (secondary N) is 1. The first-order valence-electron chi connectivity index (χ1n) is 10.2. The van der Waals surface area contributed by atoms with Gasteiger partial charge in [-0.3, -0.25) is 0 Å². The fourth-order valence-corrected chi connectivity index (χ4v) is 4.13. The van der Waals surface area contributed by atoms with Crippen molar-refractivity contribution < 1.29 is 9.53 Å². The molecule has 2 heterocycles. The van der Waals surface area contributed by atoms with Crippen LogP contribution in [0.2, 0.25) is 0 Å². The summed E-state index contributed by atoms with van der Waals surface area (Å²) in [4.78, 5) is 17.1. The van der Waals surface area contributed by atoms with E-state index in [-0.39, 0.29) is 12.1 Å². The number of nitrogens with zero attached hydrogens (tertiary/aromatic N) is 2. The lowest BCUT2D eigenvalue weighted by Crippen LogP contribution is -2.51. The molecule has 0 aromatic heterocycles. The summed E-state index contributed by atoms with van der Waals surface area (Å²) in [7, 11) is 0. The quantitative estimate of drug-likeness (QED) is 0.881. The normalized spacial score (nSPS) is 23.2. The second kappa shape index (κ2) is 8.40. The standard InChI is InChI=1S/C21H31N3O2/c25-21(22-18-8-12-23(13-9-18)19-6-7-19)24-14-10-20(11-15-24)26-16-17-4-2-1-3-5-17/h1-5,18-20H,6-16H2,(H,22,25). The van der Waals surface area contributed by atoms with E-state index in [0.29, 0.717) is 12.6 Å². The molecule has 1 saturated carbocycles. The monoisotopic (exact) mass is 357 g/mol. The Morgan fingerprint density at radius 2 is 1.65 bits per heavy atom. The third-order valence-corrected chi connectivity index (χ3v) is 5.98. The van der Waals surface area contributed by atoms with E-state index in [9.17, 15) is 4.79 Å². The van der Waals surface area contributed by atoms with Gasteiger partial charge in [-0.15, -0.1) is 0 Å². The van der Waals surface area contributed by atoms with Crippen LogP contribution < -0.4 is 5.32 Å². The number of benzene rings is 1. The Hall–Kier alpha value is -1.59. The Kier molecular flexibility index (Phi) is 5.75. The molecule has 4 rings (SSSR count). The average Bonchev–Trinajstić information content (AvgIpc) is 3.53. The van der Waals surface area contributed by atoms with Crippen LogP contribution in [0, 0.1) is 0 Å². The summed E-state index contributed by atoms with van der Waals surface area (Å²) in [5, 5.41) is 3.26. The first-order chi connectivity index (χ1) is 12.8. The molecule has 2 amide bonds. The molecule has 2 aliphatic heterocycles. The van der Waals surface area contributed by atoms with Crippen LogP contribution in [0.15, 0.2) is 30.3 Å². The number of hydrogen-bond donors (Lipinski definition) is 1. The highest BCUT2D eigenvalue weighted by Crippen LogP contribution is 2.29. The van der Waals surface area contributed by atoms with Gasteiger partial charge in [0.1, 0.15) is 0 Å². The average molecular weight is 357 g/mol. The van der Waals surface area contributed by atoms with E-state index in [1.165, 1.54) is 18.4 Å². The van der Waals surface area contributed by atoms with E-state index in [4.69, 9.17) is 4.74 Å². The van der Waals surface area contributed by atoms with Gasteiger partial charge in [0.2, 0.25) is 0 Å². The van der Waals surface area contributed by atoms with Gasteiger partial charge in [-0.25, -0.2) is 4.79 Å². The van der Waals surface area contributed by atoms with E-state index in [1.54, 1.807) is 0 Å². The number of hydrogen-bond acceptors (Lipinski definition) is 3. The van der Waals surface area contributed by atoms with Crippen molar-refractivity contribution in [2.24, 2.45) is 0 Å². The molecule has 5 nitrogen and oxygen atoms in total. The fourth-order valence-electron chi connectivity index (χ4n) is 4.13. The van der Waals surface area contributed by atoms with Gasteiger partial charge in [-0.2, -0.15) is 0 Å². The van der Waals surface area contributed by atoms with Gasteiger partial charge in [-0.1, -0.05) is 30.3 Å². The number of rotatable bonds is 5. The number of carbonyl (C=O) groups excluding carboxylic acids is 1. The minimum Gasteiger partial charge on any atom is -0.373 e. The zero-order chi connectivity index (χ0) is 17.8. The lowest BCUT2D eigenvalue weighted by atomic mass is 10.0. The molecule has 1 aromatic rings. The summed E-state index contributed by atoms with van der Waals surface area (Å²) in [6.45, 7) is 4.55. The predicted octanol–water partition coefficient (Wildman–Crippen LogP) is 3.00. The summed E-state index contributed by atoms with van der Waals surface area (Å²) in [5.41, 5.74) is 1.21. The van der Waals surface area contributed by atoms with Gasteiger partial charge >= 0.3 is 6.03 Å². The molecule has 5 heteroatoms. The maximum absolute atomic E-state index is 12.5. The van der Waals surface area contributed by atoms with E-state index in [1.807, 2.05) is 23.1 Å².